The minimum Gasteiger partial charge on any atom is -0.468 e. The van der Waals surface area contributed by atoms with Crippen LogP contribution in [0.2, 0.25) is 0 Å². The number of hydrogen-bond donors (Lipinski definition) is 1. The summed E-state index contributed by atoms with van der Waals surface area (Å²) in [7, 11) is 2.94. The van der Waals surface area contributed by atoms with Crippen LogP contribution in [0.15, 0.2) is 36.5 Å². The van der Waals surface area contributed by atoms with Gasteiger partial charge in [-0.3, -0.25) is 4.79 Å². The summed E-state index contributed by atoms with van der Waals surface area (Å²) in [5.74, 6) is -2.56. The average molecular weight is 311 g/mol. The van der Waals surface area contributed by atoms with E-state index in [4.69, 9.17) is 10.1 Å². The summed E-state index contributed by atoms with van der Waals surface area (Å²) in [6, 6.07) is 9.91. The topological polar surface area (TPSA) is 78.9 Å². The second kappa shape index (κ2) is 5.06. The molecule has 1 aliphatic carbocycles. The largest absolute Gasteiger partial charge is 0.468 e. The van der Waals surface area contributed by atoms with E-state index in [1.165, 1.54) is 19.2 Å². The van der Waals surface area contributed by atoms with Gasteiger partial charge in [0.15, 0.2) is 0 Å². The average Bonchev–Trinajstić information content (AvgIpc) is 3.07. The molecule has 1 aromatic heterocycles. The summed E-state index contributed by atoms with van der Waals surface area (Å²) in [6.45, 7) is 0. The van der Waals surface area contributed by atoms with E-state index in [0.29, 0.717) is 11.3 Å². The molecule has 5 nitrogen and oxygen atoms in total. The number of nitrogens with zero attached hydrogens (tertiary/aromatic N) is 2. The first-order chi connectivity index (χ1) is 11.0. The van der Waals surface area contributed by atoms with E-state index in [0.717, 1.165) is 0 Å². The van der Waals surface area contributed by atoms with Crippen LogP contribution in [0.3, 0.4) is 0 Å². The van der Waals surface area contributed by atoms with Gasteiger partial charge in [-0.2, -0.15) is 5.26 Å². The summed E-state index contributed by atoms with van der Waals surface area (Å²) in [5, 5.41) is 18.3. The van der Waals surface area contributed by atoms with Gasteiger partial charge in [-0.15, -0.1) is 0 Å². The predicted molar refractivity (Wildman–Crippen MR) is 80.5 cm³/mol. The Hall–Kier alpha value is -2.94. The summed E-state index contributed by atoms with van der Waals surface area (Å²) in [6.07, 6.45) is 1.74. The van der Waals surface area contributed by atoms with Crippen molar-refractivity contribution in [2.75, 3.05) is 7.11 Å². The van der Waals surface area contributed by atoms with Gasteiger partial charge in [-0.25, -0.2) is 4.39 Å². The van der Waals surface area contributed by atoms with Crippen LogP contribution >= 0.6 is 0 Å². The number of hydrogen-bond acceptors (Lipinski definition) is 4. The van der Waals surface area contributed by atoms with Gasteiger partial charge < -0.3 is 14.7 Å². The Morgan fingerprint density at radius 1 is 1.43 bits per heavy atom. The van der Waals surface area contributed by atoms with Gasteiger partial charge in [0.1, 0.15) is 17.2 Å². The highest BCUT2D eigenvalue weighted by Gasteiger charge is 2.58. The van der Waals surface area contributed by atoms with Crippen LogP contribution in [0.5, 0.6) is 0 Å². The highest BCUT2D eigenvalue weighted by atomic mass is 19.1. The SMILES string of the molecule is COC(=O)C1C(=N)c2c(F)cccc2[C@]1(C#N)c1cccn1C. The fraction of sp³-hybridized carbons (Fsp3) is 0.235. The van der Waals surface area contributed by atoms with E-state index in [2.05, 4.69) is 6.07 Å². The molecule has 0 radical (unpaired) electrons. The molecule has 1 aromatic carbocycles. The highest BCUT2D eigenvalue weighted by Crippen LogP contribution is 2.48. The third-order valence-corrected chi connectivity index (χ3v) is 4.39. The lowest BCUT2D eigenvalue weighted by molar-refractivity contribution is -0.144. The van der Waals surface area contributed by atoms with Crippen LogP contribution in [-0.2, 0) is 22.0 Å². The molecule has 0 amide bonds. The van der Waals surface area contributed by atoms with E-state index in [1.54, 1.807) is 36.0 Å². The third kappa shape index (κ3) is 1.77. The highest BCUT2D eigenvalue weighted by molar-refractivity contribution is 6.17. The number of carbonyl (C=O) groups is 1. The molecule has 2 aromatic rings. The van der Waals surface area contributed by atoms with Gasteiger partial charge in [0.25, 0.3) is 0 Å². The Morgan fingerprint density at radius 3 is 2.74 bits per heavy atom. The molecule has 1 unspecified atom stereocenters. The predicted octanol–water partition coefficient (Wildman–Crippen LogP) is 2.14. The van der Waals surface area contributed by atoms with Crippen molar-refractivity contribution in [1.82, 2.24) is 4.57 Å². The van der Waals surface area contributed by atoms with Crippen molar-refractivity contribution in [1.29, 1.82) is 10.7 Å². The first-order valence-electron chi connectivity index (χ1n) is 6.97. The number of fused-ring (bicyclic) bond motifs is 1. The number of halogens is 1. The van der Waals surface area contributed by atoms with Gasteiger partial charge in [0.05, 0.1) is 18.9 Å². The molecule has 1 heterocycles. The zero-order valence-corrected chi connectivity index (χ0v) is 12.6. The molecule has 0 bridgehead atoms. The van der Waals surface area contributed by atoms with Crippen molar-refractivity contribution in [2.45, 2.75) is 5.41 Å². The second-order valence-corrected chi connectivity index (χ2v) is 5.46. The zero-order chi connectivity index (χ0) is 16.8. The fourth-order valence-corrected chi connectivity index (χ4v) is 3.39. The molecule has 3 rings (SSSR count). The Morgan fingerprint density at radius 2 is 2.17 bits per heavy atom. The lowest BCUT2D eigenvalue weighted by Crippen LogP contribution is -2.40. The molecular formula is C17H14FN3O2. The molecule has 116 valence electrons. The second-order valence-electron chi connectivity index (χ2n) is 5.46. The normalized spacial score (nSPS) is 22.5. The zero-order valence-electron chi connectivity index (χ0n) is 12.6. The molecular weight excluding hydrogens is 297 g/mol. The van der Waals surface area contributed by atoms with Gasteiger partial charge in [0, 0.05) is 24.5 Å². The summed E-state index contributed by atoms with van der Waals surface area (Å²) in [5.41, 5.74) is -0.870. The molecule has 6 heteroatoms. The number of aryl methyl sites for hydroxylation is 1. The van der Waals surface area contributed by atoms with Crippen LogP contribution in [-0.4, -0.2) is 23.4 Å². The quantitative estimate of drug-likeness (QED) is 0.863. The monoisotopic (exact) mass is 311 g/mol. The van der Waals surface area contributed by atoms with E-state index >= 15 is 0 Å². The lowest BCUT2D eigenvalue weighted by Gasteiger charge is -2.28. The number of nitrogens with one attached hydrogen (secondary N) is 1. The first-order valence-corrected chi connectivity index (χ1v) is 6.97. The molecule has 0 saturated heterocycles. The van der Waals surface area contributed by atoms with Crippen molar-refractivity contribution < 1.29 is 13.9 Å². The number of carbonyl (C=O) groups excluding carboxylic acids is 1. The Balaban J connectivity index is 2.42. The first kappa shape index (κ1) is 15.0. The van der Waals surface area contributed by atoms with E-state index < -0.39 is 23.1 Å². The Kier molecular flexibility index (Phi) is 3.29. The smallest absolute Gasteiger partial charge is 0.317 e. The van der Waals surface area contributed by atoms with E-state index in [9.17, 15) is 14.4 Å². The van der Waals surface area contributed by atoms with Crippen LogP contribution in [0.25, 0.3) is 0 Å². The van der Waals surface area contributed by atoms with Crippen LogP contribution in [0.4, 0.5) is 4.39 Å². The maximum absolute atomic E-state index is 14.3. The Bertz CT molecular complexity index is 865. The number of methoxy groups -OCH3 is 1. The molecule has 0 saturated carbocycles. The lowest BCUT2D eigenvalue weighted by atomic mass is 9.73. The minimum absolute atomic E-state index is 0.00523. The van der Waals surface area contributed by atoms with Crippen LogP contribution < -0.4 is 0 Å². The summed E-state index contributed by atoms with van der Waals surface area (Å²) >= 11 is 0. The molecule has 1 aliphatic rings. The number of rotatable bonds is 2. The van der Waals surface area contributed by atoms with Crippen molar-refractivity contribution in [3.63, 3.8) is 0 Å². The van der Waals surface area contributed by atoms with Crippen LogP contribution in [0, 0.1) is 28.5 Å². The molecule has 0 aliphatic heterocycles. The number of nitriles is 1. The third-order valence-electron chi connectivity index (χ3n) is 4.39. The van der Waals surface area contributed by atoms with Crippen LogP contribution in [0.1, 0.15) is 16.8 Å². The number of benzene rings is 1. The minimum atomic E-state index is -1.49. The van der Waals surface area contributed by atoms with Crippen molar-refractivity contribution >= 4 is 11.7 Å². The molecule has 0 fully saturated rings. The van der Waals surface area contributed by atoms with Crippen molar-refractivity contribution in [3.05, 3.63) is 59.2 Å². The fourth-order valence-electron chi connectivity index (χ4n) is 3.39. The van der Waals surface area contributed by atoms with Crippen molar-refractivity contribution in [2.24, 2.45) is 13.0 Å². The molecule has 23 heavy (non-hydrogen) atoms. The molecule has 0 spiro atoms. The van der Waals surface area contributed by atoms with Gasteiger partial charge in [-0.05, 0) is 23.8 Å². The van der Waals surface area contributed by atoms with Gasteiger partial charge in [-0.1, -0.05) is 12.1 Å². The van der Waals surface area contributed by atoms with Gasteiger partial charge >= 0.3 is 5.97 Å². The Labute approximate surface area is 132 Å². The molecule has 1 N–H and O–H groups in total. The molecule has 2 atom stereocenters. The number of esters is 1. The van der Waals surface area contributed by atoms with E-state index in [-0.39, 0.29) is 11.3 Å². The van der Waals surface area contributed by atoms with E-state index in [1.807, 2.05) is 0 Å². The maximum Gasteiger partial charge on any atom is 0.317 e. The summed E-state index contributed by atoms with van der Waals surface area (Å²) < 4.78 is 20.8. The standard InChI is InChI=1S/C17H14FN3O2/c1-21-8-4-7-12(21)17(9-19)10-5-3-6-11(18)13(10)15(20)14(17)16(22)23-2/h3-8,14,20H,1-2H3/t14?,17-/m1/s1. The number of ether oxygens (including phenoxy) is 1. The maximum atomic E-state index is 14.3. The number of aromatic nitrogens is 1. The van der Waals surface area contributed by atoms with Gasteiger partial charge in [0.2, 0.25) is 0 Å². The summed E-state index contributed by atoms with van der Waals surface area (Å²) in [4.78, 5) is 12.3. The van der Waals surface area contributed by atoms with Crippen molar-refractivity contribution in [3.8, 4) is 6.07 Å².